The average Bonchev–Trinajstić information content (AvgIpc) is 3.06. The van der Waals surface area contributed by atoms with Crippen LogP contribution in [0.15, 0.2) is 29.2 Å². The molecule has 0 bridgehead atoms. The smallest absolute Gasteiger partial charge is 0.243 e. The van der Waals surface area contributed by atoms with Gasteiger partial charge < -0.3 is 10.1 Å². The molecule has 1 N–H and O–H groups in total. The van der Waals surface area contributed by atoms with Crippen LogP contribution in [-0.2, 0) is 14.8 Å². The number of amides is 1. The second kappa shape index (κ2) is 7.68. The van der Waals surface area contributed by atoms with Gasteiger partial charge in [-0.15, -0.1) is 10.2 Å². The second-order valence-corrected chi connectivity index (χ2v) is 9.11. The van der Waals surface area contributed by atoms with E-state index in [9.17, 15) is 13.2 Å². The van der Waals surface area contributed by atoms with Crippen molar-refractivity contribution in [2.24, 2.45) is 5.92 Å². The maximum absolute atomic E-state index is 12.8. The number of ether oxygens (including phenoxy) is 1. The van der Waals surface area contributed by atoms with E-state index in [4.69, 9.17) is 4.74 Å². The van der Waals surface area contributed by atoms with Crippen LogP contribution in [0.3, 0.4) is 0 Å². The van der Waals surface area contributed by atoms with Gasteiger partial charge >= 0.3 is 0 Å². The molecule has 1 aromatic heterocycles. The van der Waals surface area contributed by atoms with E-state index in [0.29, 0.717) is 30.3 Å². The maximum Gasteiger partial charge on any atom is 0.243 e. The average molecular weight is 396 g/mol. The molecule has 8 nitrogen and oxygen atoms in total. The zero-order chi connectivity index (χ0) is 18.7. The number of aryl methyl sites for hydroxylation is 1. The molecule has 1 amide bonds. The number of nitrogens with zero attached hydrogens (tertiary/aromatic N) is 3. The van der Waals surface area contributed by atoms with Crippen molar-refractivity contribution in [2.45, 2.75) is 24.7 Å². The lowest BCUT2D eigenvalue weighted by Gasteiger charge is -2.31. The molecule has 0 saturated carbocycles. The number of carbonyl (C=O) groups is 1. The number of benzene rings is 1. The van der Waals surface area contributed by atoms with Crippen LogP contribution in [0.25, 0.3) is 0 Å². The third kappa shape index (κ3) is 4.02. The number of methoxy groups -OCH3 is 1. The summed E-state index contributed by atoms with van der Waals surface area (Å²) in [5, 5.41) is 11.7. The van der Waals surface area contributed by atoms with Gasteiger partial charge in [-0.1, -0.05) is 11.3 Å². The molecule has 3 rings (SSSR count). The van der Waals surface area contributed by atoms with Crippen LogP contribution in [0.4, 0.5) is 5.13 Å². The summed E-state index contributed by atoms with van der Waals surface area (Å²) in [6.07, 6.45) is 1.26. The van der Waals surface area contributed by atoms with E-state index in [1.54, 1.807) is 19.1 Å². The van der Waals surface area contributed by atoms with Crippen LogP contribution in [0.1, 0.15) is 17.8 Å². The van der Waals surface area contributed by atoms with Crippen LogP contribution < -0.4 is 10.1 Å². The summed E-state index contributed by atoms with van der Waals surface area (Å²) in [7, 11) is -2.13. The molecule has 1 unspecified atom stereocenters. The Morgan fingerprint density at radius 3 is 2.65 bits per heavy atom. The summed E-state index contributed by atoms with van der Waals surface area (Å²) in [5.41, 5.74) is 0. The fraction of sp³-hybridized carbons (Fsp3) is 0.438. The highest BCUT2D eigenvalue weighted by Gasteiger charge is 2.33. The minimum Gasteiger partial charge on any atom is -0.497 e. The predicted octanol–water partition coefficient (Wildman–Crippen LogP) is 1.89. The lowest BCUT2D eigenvalue weighted by atomic mass is 9.99. The fourth-order valence-corrected chi connectivity index (χ4v) is 4.94. The van der Waals surface area contributed by atoms with Gasteiger partial charge in [0.2, 0.25) is 21.1 Å². The van der Waals surface area contributed by atoms with Gasteiger partial charge in [0.15, 0.2) is 0 Å². The van der Waals surface area contributed by atoms with Gasteiger partial charge in [0.05, 0.1) is 17.9 Å². The Kier molecular flexibility index (Phi) is 5.54. The normalized spacial score (nSPS) is 18.5. The number of rotatable bonds is 5. The van der Waals surface area contributed by atoms with Crippen LogP contribution in [0.5, 0.6) is 5.75 Å². The summed E-state index contributed by atoms with van der Waals surface area (Å²) in [6, 6.07) is 6.25. The number of carbonyl (C=O) groups excluding carboxylic acids is 1. The van der Waals surface area contributed by atoms with Crippen LogP contribution in [0.2, 0.25) is 0 Å². The molecule has 1 saturated heterocycles. The number of anilines is 1. The van der Waals surface area contributed by atoms with E-state index in [1.807, 2.05) is 0 Å². The largest absolute Gasteiger partial charge is 0.497 e. The third-order valence-electron chi connectivity index (χ3n) is 4.21. The highest BCUT2D eigenvalue weighted by Crippen LogP contribution is 2.26. The van der Waals surface area contributed by atoms with Crippen molar-refractivity contribution < 1.29 is 17.9 Å². The molecule has 10 heteroatoms. The minimum atomic E-state index is -3.65. The Morgan fingerprint density at radius 2 is 2.04 bits per heavy atom. The Labute approximate surface area is 156 Å². The first-order valence-electron chi connectivity index (χ1n) is 8.15. The van der Waals surface area contributed by atoms with E-state index in [0.717, 1.165) is 5.01 Å². The molecular weight excluding hydrogens is 376 g/mol. The molecule has 2 heterocycles. The van der Waals surface area contributed by atoms with Gasteiger partial charge in [0.1, 0.15) is 10.8 Å². The number of sulfonamides is 1. The molecular formula is C16H20N4O4S2. The molecule has 0 spiro atoms. The number of nitrogens with one attached hydrogen (secondary N) is 1. The topological polar surface area (TPSA) is 101 Å². The van der Waals surface area contributed by atoms with Crippen molar-refractivity contribution in [1.29, 1.82) is 0 Å². The highest BCUT2D eigenvalue weighted by atomic mass is 32.2. The van der Waals surface area contributed by atoms with Crippen LogP contribution >= 0.6 is 11.3 Å². The summed E-state index contributed by atoms with van der Waals surface area (Å²) in [4.78, 5) is 12.7. The van der Waals surface area contributed by atoms with Gasteiger partial charge in [-0.25, -0.2) is 8.42 Å². The molecule has 0 radical (unpaired) electrons. The lowest BCUT2D eigenvalue weighted by Crippen LogP contribution is -2.43. The standard InChI is InChI=1S/C16H20N4O4S2/c1-11-18-19-16(25-11)17-15(21)12-4-3-9-20(10-12)26(22,23)14-7-5-13(24-2)6-8-14/h5-8,12H,3-4,9-10H2,1-2H3,(H,17,19,21). The zero-order valence-corrected chi connectivity index (χ0v) is 16.1. The number of hydrogen-bond donors (Lipinski definition) is 1. The summed E-state index contributed by atoms with van der Waals surface area (Å²) < 4.78 is 32.1. The van der Waals surface area contributed by atoms with Gasteiger partial charge in [-0.05, 0) is 44.0 Å². The van der Waals surface area contributed by atoms with Crippen molar-refractivity contribution in [2.75, 3.05) is 25.5 Å². The SMILES string of the molecule is COc1ccc(S(=O)(=O)N2CCCC(C(=O)Nc3nnc(C)s3)C2)cc1. The Morgan fingerprint density at radius 1 is 1.31 bits per heavy atom. The molecule has 2 aromatic rings. The number of hydrogen-bond acceptors (Lipinski definition) is 7. The Balaban J connectivity index is 1.71. The van der Waals surface area contributed by atoms with Crippen LogP contribution in [-0.4, -0.2) is 49.0 Å². The van der Waals surface area contributed by atoms with Crippen molar-refractivity contribution in [3.05, 3.63) is 29.3 Å². The molecule has 1 aliphatic rings. The first kappa shape index (κ1) is 18.7. The molecule has 1 aromatic carbocycles. The van der Waals surface area contributed by atoms with Crippen molar-refractivity contribution in [3.63, 3.8) is 0 Å². The first-order valence-corrected chi connectivity index (χ1v) is 10.4. The van der Waals surface area contributed by atoms with E-state index in [-0.39, 0.29) is 17.3 Å². The summed E-state index contributed by atoms with van der Waals surface area (Å²) >= 11 is 1.29. The molecule has 1 atom stereocenters. The van der Waals surface area contributed by atoms with E-state index < -0.39 is 15.9 Å². The second-order valence-electron chi connectivity index (χ2n) is 5.99. The highest BCUT2D eigenvalue weighted by molar-refractivity contribution is 7.89. The molecule has 1 aliphatic heterocycles. The third-order valence-corrected chi connectivity index (χ3v) is 6.84. The van der Waals surface area contributed by atoms with Crippen molar-refractivity contribution in [1.82, 2.24) is 14.5 Å². The predicted molar refractivity (Wildman–Crippen MR) is 97.8 cm³/mol. The van der Waals surface area contributed by atoms with Crippen LogP contribution in [0, 0.1) is 12.8 Å². The summed E-state index contributed by atoms with van der Waals surface area (Å²) in [5.74, 6) is -0.0519. The quantitative estimate of drug-likeness (QED) is 0.828. The van der Waals surface area contributed by atoms with Gasteiger partial charge in [0, 0.05) is 13.1 Å². The van der Waals surface area contributed by atoms with Gasteiger partial charge in [-0.2, -0.15) is 4.31 Å². The van der Waals surface area contributed by atoms with E-state index in [2.05, 4.69) is 15.5 Å². The summed E-state index contributed by atoms with van der Waals surface area (Å²) in [6.45, 7) is 2.35. The van der Waals surface area contributed by atoms with Gasteiger partial charge in [-0.3, -0.25) is 4.79 Å². The Bertz CT molecular complexity index is 880. The fourth-order valence-electron chi connectivity index (χ4n) is 2.83. The van der Waals surface area contributed by atoms with E-state index >= 15 is 0 Å². The number of piperidine rings is 1. The lowest BCUT2D eigenvalue weighted by molar-refractivity contribution is -0.120. The molecule has 26 heavy (non-hydrogen) atoms. The minimum absolute atomic E-state index is 0.151. The first-order chi connectivity index (χ1) is 12.4. The van der Waals surface area contributed by atoms with Crippen molar-refractivity contribution >= 4 is 32.4 Å². The van der Waals surface area contributed by atoms with Gasteiger partial charge in [0.25, 0.3) is 0 Å². The maximum atomic E-state index is 12.8. The monoisotopic (exact) mass is 396 g/mol. The Hall–Kier alpha value is -2.04. The zero-order valence-electron chi connectivity index (χ0n) is 14.5. The molecule has 0 aliphatic carbocycles. The van der Waals surface area contributed by atoms with E-state index in [1.165, 1.54) is 34.9 Å². The number of aromatic nitrogens is 2. The molecule has 140 valence electrons. The molecule has 1 fully saturated rings. The van der Waals surface area contributed by atoms with Crippen molar-refractivity contribution in [3.8, 4) is 5.75 Å².